The number of hydrogen-bond donors (Lipinski definition) is 1. The predicted octanol–water partition coefficient (Wildman–Crippen LogP) is 4.95. The molecule has 40 heavy (non-hydrogen) atoms. The molecule has 3 atom stereocenters. The van der Waals surface area contributed by atoms with Crippen molar-refractivity contribution in [3.8, 4) is 0 Å². The number of amides is 2. The molecule has 1 saturated heterocycles. The van der Waals surface area contributed by atoms with Crippen LogP contribution in [0, 0.1) is 17.8 Å². The maximum absolute atomic E-state index is 13.4. The summed E-state index contributed by atoms with van der Waals surface area (Å²) in [7, 11) is 0. The van der Waals surface area contributed by atoms with Crippen LogP contribution in [-0.4, -0.2) is 53.7 Å². The second-order valence-electron chi connectivity index (χ2n) is 11.3. The van der Waals surface area contributed by atoms with E-state index in [1.165, 1.54) is 4.90 Å². The minimum atomic E-state index is -0.828. The van der Waals surface area contributed by atoms with Crippen molar-refractivity contribution in [1.82, 2.24) is 10.2 Å². The van der Waals surface area contributed by atoms with Gasteiger partial charge in [-0.3, -0.25) is 14.4 Å². The number of alkyl carbamates (subject to hydrolysis) is 1. The van der Waals surface area contributed by atoms with Gasteiger partial charge >= 0.3 is 6.09 Å². The minimum Gasteiger partial charge on any atom is -0.445 e. The molecule has 1 heterocycles. The number of nitrogens with zero attached hydrogens (tertiary/aromatic N) is 1. The van der Waals surface area contributed by atoms with Crippen LogP contribution in [0.5, 0.6) is 0 Å². The van der Waals surface area contributed by atoms with Crippen LogP contribution < -0.4 is 5.32 Å². The van der Waals surface area contributed by atoms with Gasteiger partial charge in [-0.2, -0.15) is 0 Å². The molecule has 0 radical (unpaired) electrons. The molecule has 0 saturated carbocycles. The summed E-state index contributed by atoms with van der Waals surface area (Å²) in [5, 5.41) is 2.69. The average Bonchev–Trinajstić information content (AvgIpc) is 2.93. The molecule has 1 N–H and O–H groups in total. The summed E-state index contributed by atoms with van der Waals surface area (Å²) in [6, 6.07) is 18.1. The van der Waals surface area contributed by atoms with E-state index in [1.807, 2.05) is 88.4 Å². The van der Waals surface area contributed by atoms with E-state index in [2.05, 4.69) is 5.32 Å². The number of ketones is 2. The highest BCUT2D eigenvalue weighted by atomic mass is 16.5. The Balaban J connectivity index is 1.59. The zero-order valence-electron chi connectivity index (χ0n) is 24.0. The van der Waals surface area contributed by atoms with Gasteiger partial charge in [0.15, 0.2) is 11.6 Å². The van der Waals surface area contributed by atoms with Crippen LogP contribution in [0.2, 0.25) is 0 Å². The first-order valence-electron chi connectivity index (χ1n) is 14.1. The Labute approximate surface area is 237 Å². The number of carbonyl (C=O) groups excluding carboxylic acids is 4. The Hall–Kier alpha value is -3.52. The normalized spacial score (nSPS) is 17.0. The molecule has 2 aromatic rings. The molecule has 0 aromatic heterocycles. The molecule has 0 spiro atoms. The number of nitrogens with one attached hydrogen (secondary N) is 1. The van der Waals surface area contributed by atoms with Crippen LogP contribution in [0.1, 0.15) is 58.1 Å². The van der Waals surface area contributed by atoms with Gasteiger partial charge in [0, 0.05) is 6.54 Å². The van der Waals surface area contributed by atoms with Crippen LogP contribution in [0.4, 0.5) is 4.79 Å². The van der Waals surface area contributed by atoms with Crippen molar-refractivity contribution in [2.24, 2.45) is 17.8 Å². The van der Waals surface area contributed by atoms with E-state index in [4.69, 9.17) is 9.47 Å². The molecule has 1 aliphatic rings. The summed E-state index contributed by atoms with van der Waals surface area (Å²) in [5.74, 6) is -1.33. The molecule has 8 heteroatoms. The predicted molar refractivity (Wildman–Crippen MR) is 152 cm³/mol. The van der Waals surface area contributed by atoms with Gasteiger partial charge in [0.05, 0.1) is 19.1 Å². The first-order valence-corrected chi connectivity index (χ1v) is 14.1. The fraction of sp³-hybridized carbons (Fsp3) is 0.500. The lowest BCUT2D eigenvalue weighted by Crippen LogP contribution is -2.54. The molecule has 1 aliphatic heterocycles. The summed E-state index contributed by atoms with van der Waals surface area (Å²) in [5.41, 5.74) is 1.80. The second kappa shape index (κ2) is 15.3. The van der Waals surface area contributed by atoms with Crippen LogP contribution >= 0.6 is 0 Å². The smallest absolute Gasteiger partial charge is 0.408 e. The van der Waals surface area contributed by atoms with Crippen LogP contribution in [-0.2, 0) is 37.1 Å². The Morgan fingerprint density at radius 3 is 2.00 bits per heavy atom. The first-order chi connectivity index (χ1) is 19.1. The molecule has 0 aliphatic carbocycles. The lowest BCUT2D eigenvalue weighted by molar-refractivity contribution is -0.149. The van der Waals surface area contributed by atoms with Crippen molar-refractivity contribution in [1.29, 1.82) is 0 Å². The van der Waals surface area contributed by atoms with Crippen molar-refractivity contribution in [3.63, 3.8) is 0 Å². The zero-order chi connectivity index (χ0) is 29.1. The standard InChI is InChI=1S/C32H42N2O6/c1-22(2)17-27(33-32(38)40-21-25-13-9-6-10-14-25)31(37)34-16-15-26(28(35)19-34)30(36)29(18-23(3)4)39-20-24-11-7-5-8-12-24/h5-14,22-23,26-27,29H,15-21H2,1-4H3,(H,33,38)/t26?,27-,29?/m0/s1. The Morgan fingerprint density at radius 2 is 1.45 bits per heavy atom. The van der Waals surface area contributed by atoms with Gasteiger partial charge in [-0.05, 0) is 42.2 Å². The molecular formula is C32H42N2O6. The first kappa shape index (κ1) is 31.0. The largest absolute Gasteiger partial charge is 0.445 e. The van der Waals surface area contributed by atoms with E-state index < -0.39 is 24.2 Å². The third kappa shape index (κ3) is 9.59. The van der Waals surface area contributed by atoms with Crippen molar-refractivity contribution in [2.75, 3.05) is 13.1 Å². The van der Waals surface area contributed by atoms with Crippen molar-refractivity contribution < 1.29 is 28.7 Å². The van der Waals surface area contributed by atoms with Crippen LogP contribution in [0.3, 0.4) is 0 Å². The van der Waals surface area contributed by atoms with Crippen LogP contribution in [0.15, 0.2) is 60.7 Å². The summed E-state index contributed by atoms with van der Waals surface area (Å²) in [6.45, 7) is 8.41. The molecule has 216 valence electrons. The monoisotopic (exact) mass is 550 g/mol. The summed E-state index contributed by atoms with van der Waals surface area (Å²) in [4.78, 5) is 53.9. The molecule has 3 rings (SSSR count). The lowest BCUT2D eigenvalue weighted by atomic mass is 9.86. The molecule has 2 aromatic carbocycles. The van der Waals surface area contributed by atoms with Gasteiger partial charge in [0.1, 0.15) is 18.8 Å². The number of piperidine rings is 1. The SMILES string of the molecule is CC(C)CC(OCc1ccccc1)C(=O)C1CCN(C(=O)[C@H](CC(C)C)NC(=O)OCc2ccccc2)CC1=O. The summed E-state index contributed by atoms with van der Waals surface area (Å²) < 4.78 is 11.3. The highest BCUT2D eigenvalue weighted by Crippen LogP contribution is 2.23. The number of Topliss-reactive ketones (excluding diaryl/α,β-unsaturated/α-hetero) is 2. The highest BCUT2D eigenvalue weighted by Gasteiger charge is 2.39. The van der Waals surface area contributed by atoms with E-state index >= 15 is 0 Å². The van der Waals surface area contributed by atoms with Crippen molar-refractivity contribution >= 4 is 23.6 Å². The maximum Gasteiger partial charge on any atom is 0.408 e. The zero-order valence-corrected chi connectivity index (χ0v) is 24.0. The molecule has 0 bridgehead atoms. The number of ether oxygens (including phenoxy) is 2. The van der Waals surface area contributed by atoms with E-state index in [0.29, 0.717) is 19.4 Å². The van der Waals surface area contributed by atoms with Gasteiger partial charge in [0.25, 0.3) is 0 Å². The molecule has 2 amide bonds. The number of benzene rings is 2. The molecular weight excluding hydrogens is 508 g/mol. The number of hydrogen-bond acceptors (Lipinski definition) is 6. The van der Waals surface area contributed by atoms with Gasteiger partial charge in [0.2, 0.25) is 5.91 Å². The Morgan fingerprint density at radius 1 is 0.875 bits per heavy atom. The van der Waals surface area contributed by atoms with Gasteiger partial charge in [-0.1, -0.05) is 88.4 Å². The van der Waals surface area contributed by atoms with E-state index in [0.717, 1.165) is 11.1 Å². The van der Waals surface area contributed by atoms with Crippen molar-refractivity contribution in [3.05, 3.63) is 71.8 Å². The van der Waals surface area contributed by atoms with Crippen molar-refractivity contribution in [2.45, 2.75) is 72.3 Å². The summed E-state index contributed by atoms with van der Waals surface area (Å²) in [6.07, 6.45) is -0.225. The lowest BCUT2D eigenvalue weighted by Gasteiger charge is -2.34. The topological polar surface area (TPSA) is 102 Å². The van der Waals surface area contributed by atoms with E-state index in [1.54, 1.807) is 0 Å². The van der Waals surface area contributed by atoms with Gasteiger partial charge < -0.3 is 19.7 Å². The molecule has 2 unspecified atom stereocenters. The third-order valence-electron chi connectivity index (χ3n) is 6.89. The van der Waals surface area contributed by atoms with E-state index in [9.17, 15) is 19.2 Å². The number of rotatable bonds is 13. The molecule has 8 nitrogen and oxygen atoms in total. The van der Waals surface area contributed by atoms with E-state index in [-0.39, 0.29) is 55.4 Å². The van der Waals surface area contributed by atoms with Gasteiger partial charge in [-0.15, -0.1) is 0 Å². The minimum absolute atomic E-state index is 0.0884. The number of carbonyl (C=O) groups is 4. The molecule has 1 fully saturated rings. The third-order valence-corrected chi connectivity index (χ3v) is 6.89. The number of likely N-dealkylation sites (tertiary alicyclic amines) is 1. The Kier molecular flexibility index (Phi) is 11.9. The maximum atomic E-state index is 13.4. The second-order valence-corrected chi connectivity index (χ2v) is 11.3. The fourth-order valence-electron chi connectivity index (χ4n) is 4.82. The van der Waals surface area contributed by atoms with Gasteiger partial charge in [-0.25, -0.2) is 4.79 Å². The summed E-state index contributed by atoms with van der Waals surface area (Å²) >= 11 is 0. The van der Waals surface area contributed by atoms with Crippen LogP contribution in [0.25, 0.3) is 0 Å². The highest BCUT2D eigenvalue weighted by molar-refractivity contribution is 6.06. The fourth-order valence-corrected chi connectivity index (χ4v) is 4.82. The average molecular weight is 551 g/mol. The Bertz CT molecular complexity index is 1120. The quantitative estimate of drug-likeness (QED) is 0.354.